The molecule has 0 aromatic heterocycles. The van der Waals surface area contributed by atoms with E-state index in [0.29, 0.717) is 17.9 Å². The number of likely N-dealkylation sites (N-methyl/N-ethyl adjacent to an activating group) is 1. The molecule has 2 amide bonds. The zero-order chi connectivity index (χ0) is 29.4. The number of carboxylic acid groups (broad SMARTS) is 1. The third-order valence-electron chi connectivity index (χ3n) is 6.88. The van der Waals surface area contributed by atoms with Gasteiger partial charge in [0.1, 0.15) is 24.1 Å². The first-order valence-corrected chi connectivity index (χ1v) is 14.2. The molecule has 3 atom stereocenters. The summed E-state index contributed by atoms with van der Waals surface area (Å²) < 4.78 is 4.60. The molecule has 2 aliphatic heterocycles. The second-order valence-electron chi connectivity index (χ2n) is 10.1. The highest BCUT2D eigenvalue weighted by Crippen LogP contribution is 2.50. The van der Waals surface area contributed by atoms with Crippen LogP contribution in [0.4, 0.5) is 5.69 Å². The summed E-state index contributed by atoms with van der Waals surface area (Å²) in [5.74, 6) is -1.85. The quantitative estimate of drug-likeness (QED) is 0.212. The smallest absolute Gasteiger partial charge is 0.338 e. The van der Waals surface area contributed by atoms with Crippen LogP contribution in [0.3, 0.4) is 0 Å². The number of hydrogen-bond donors (Lipinski definition) is 3. The summed E-state index contributed by atoms with van der Waals surface area (Å²) in [6.45, 7) is 10.9. The van der Waals surface area contributed by atoms with Crippen LogP contribution in [0.1, 0.15) is 43.6 Å². The summed E-state index contributed by atoms with van der Waals surface area (Å²) in [7, 11) is 0. The predicted octanol–water partition coefficient (Wildman–Crippen LogP) is 1.80. The van der Waals surface area contributed by atoms with Crippen molar-refractivity contribution in [2.24, 2.45) is 0 Å². The molecule has 2 fully saturated rings. The summed E-state index contributed by atoms with van der Waals surface area (Å²) in [5, 5.41) is 11.8. The number of β-lactam (4-membered cyclic amide) rings is 1. The molecule has 224 valence electrons. The molecule has 0 spiro atoms. The van der Waals surface area contributed by atoms with Gasteiger partial charge in [0.25, 0.3) is 0 Å². The molecule has 11 nitrogen and oxygen atoms in total. The van der Waals surface area contributed by atoms with E-state index in [1.54, 1.807) is 24.3 Å². The maximum Gasteiger partial charge on any atom is 0.338 e. The van der Waals surface area contributed by atoms with Crippen molar-refractivity contribution in [3.63, 3.8) is 0 Å². The molecule has 41 heavy (non-hydrogen) atoms. The van der Waals surface area contributed by atoms with Gasteiger partial charge in [-0.1, -0.05) is 44.2 Å². The van der Waals surface area contributed by atoms with Crippen LogP contribution in [-0.4, -0.2) is 92.6 Å². The number of hydrogen-bond acceptors (Lipinski definition) is 8. The molecule has 0 radical (unpaired) electrons. The van der Waals surface area contributed by atoms with E-state index in [2.05, 4.69) is 24.1 Å². The Morgan fingerprint density at radius 1 is 1.07 bits per heavy atom. The van der Waals surface area contributed by atoms with Gasteiger partial charge in [-0.05, 0) is 56.8 Å². The van der Waals surface area contributed by atoms with Gasteiger partial charge in [0.2, 0.25) is 11.8 Å². The predicted molar refractivity (Wildman–Crippen MR) is 158 cm³/mol. The zero-order valence-electron chi connectivity index (χ0n) is 23.8. The lowest BCUT2D eigenvalue weighted by Gasteiger charge is -2.43. The summed E-state index contributed by atoms with van der Waals surface area (Å²) in [6, 6.07) is 14.5. The SMILES string of the molecule is CC1(C)SC2C(NC(=O)Cc3ccccc3)C(=O)N2C1C(=O)O.CCN(CC)CCOC(=O)c1ccc(N)cc1.O. The number of nitrogen functional groups attached to an aromatic ring is 1. The Labute approximate surface area is 244 Å². The van der Waals surface area contributed by atoms with Gasteiger partial charge in [0, 0.05) is 17.0 Å². The van der Waals surface area contributed by atoms with Crippen molar-refractivity contribution in [2.45, 2.75) is 56.3 Å². The molecule has 3 unspecified atom stereocenters. The van der Waals surface area contributed by atoms with E-state index in [0.717, 1.165) is 25.2 Å². The lowest BCUT2D eigenvalue weighted by molar-refractivity contribution is -0.161. The molecule has 2 saturated heterocycles. The van der Waals surface area contributed by atoms with Gasteiger partial charge in [-0.2, -0.15) is 0 Å². The normalized spacial score (nSPS) is 20.1. The fraction of sp³-hybridized carbons (Fsp3) is 0.448. The number of benzene rings is 2. The molecule has 2 aromatic rings. The Kier molecular flexibility index (Phi) is 12.2. The Morgan fingerprint density at radius 2 is 1.68 bits per heavy atom. The minimum atomic E-state index is -1.01. The van der Waals surface area contributed by atoms with Crippen molar-refractivity contribution in [2.75, 3.05) is 32.0 Å². The standard InChI is InChI=1S/C16H18N2O4S.C13H20N2O2.H2O/c1-16(2)12(15(21)22)18-13(20)11(14(18)23-16)17-10(19)8-9-6-4-3-5-7-9;1-3-15(4-2)9-10-17-13(16)11-5-7-12(14)8-6-11;/h3-7,11-12,14H,8H2,1-2H3,(H,17,19)(H,21,22);5-8H,3-4,9-10,14H2,1-2H3;1H2. The number of amides is 2. The topological polar surface area (TPSA) is 174 Å². The Bertz CT molecular complexity index is 1190. The molecule has 6 N–H and O–H groups in total. The second-order valence-corrected chi connectivity index (χ2v) is 11.9. The minimum Gasteiger partial charge on any atom is -0.480 e. The Balaban J connectivity index is 0.000000294. The van der Waals surface area contributed by atoms with Crippen LogP contribution in [-0.2, 0) is 25.5 Å². The van der Waals surface area contributed by atoms with Crippen molar-refractivity contribution in [1.29, 1.82) is 0 Å². The van der Waals surface area contributed by atoms with Crippen molar-refractivity contribution < 1.29 is 34.5 Å². The number of nitrogens with zero attached hydrogens (tertiary/aromatic N) is 2. The number of carbonyl (C=O) groups excluding carboxylic acids is 3. The van der Waals surface area contributed by atoms with Gasteiger partial charge in [-0.25, -0.2) is 9.59 Å². The van der Waals surface area contributed by atoms with Gasteiger partial charge in [-0.3, -0.25) is 9.59 Å². The van der Waals surface area contributed by atoms with Crippen LogP contribution < -0.4 is 11.1 Å². The van der Waals surface area contributed by atoms with Crippen LogP contribution in [0.15, 0.2) is 54.6 Å². The zero-order valence-corrected chi connectivity index (χ0v) is 24.6. The highest BCUT2D eigenvalue weighted by Gasteiger charge is 2.64. The molecular formula is C29H40N4O7S. The lowest BCUT2D eigenvalue weighted by atomic mass is 9.96. The monoisotopic (exact) mass is 588 g/mol. The maximum absolute atomic E-state index is 12.3. The number of esters is 1. The first-order valence-electron chi connectivity index (χ1n) is 13.3. The fourth-order valence-corrected chi connectivity index (χ4v) is 6.29. The van der Waals surface area contributed by atoms with E-state index >= 15 is 0 Å². The van der Waals surface area contributed by atoms with Gasteiger partial charge >= 0.3 is 11.9 Å². The third-order valence-corrected chi connectivity index (χ3v) is 8.45. The van der Waals surface area contributed by atoms with E-state index in [-0.39, 0.29) is 35.1 Å². The Hall–Kier alpha value is -3.61. The van der Waals surface area contributed by atoms with E-state index < -0.39 is 22.8 Å². The molecule has 12 heteroatoms. The minimum absolute atomic E-state index is 0. The number of nitrogens with two attached hydrogens (primary N) is 1. The molecule has 2 aliphatic rings. The van der Waals surface area contributed by atoms with Crippen LogP contribution in [0.25, 0.3) is 0 Å². The highest BCUT2D eigenvalue weighted by molar-refractivity contribution is 8.01. The lowest BCUT2D eigenvalue weighted by Crippen LogP contribution is -2.70. The van der Waals surface area contributed by atoms with E-state index in [9.17, 15) is 24.3 Å². The molecule has 4 rings (SSSR count). The highest BCUT2D eigenvalue weighted by atomic mass is 32.2. The van der Waals surface area contributed by atoms with Crippen molar-refractivity contribution in [3.8, 4) is 0 Å². The molecule has 0 saturated carbocycles. The van der Waals surface area contributed by atoms with Gasteiger partial charge < -0.3 is 36.2 Å². The molecule has 0 bridgehead atoms. The number of ether oxygens (including phenoxy) is 1. The van der Waals surface area contributed by atoms with Gasteiger partial charge in [-0.15, -0.1) is 11.8 Å². The molecule has 0 aliphatic carbocycles. The van der Waals surface area contributed by atoms with Crippen molar-refractivity contribution in [1.82, 2.24) is 15.1 Å². The first-order chi connectivity index (χ1) is 19.0. The van der Waals surface area contributed by atoms with Gasteiger partial charge in [0.15, 0.2) is 0 Å². The fourth-order valence-electron chi connectivity index (χ4n) is 4.66. The number of carbonyl (C=O) groups is 4. The molecule has 2 heterocycles. The molecular weight excluding hydrogens is 548 g/mol. The summed E-state index contributed by atoms with van der Waals surface area (Å²) in [6.07, 6.45) is 0.202. The summed E-state index contributed by atoms with van der Waals surface area (Å²) in [4.78, 5) is 51.0. The second kappa shape index (κ2) is 14.9. The number of thioether (sulfide) groups is 1. The first kappa shape index (κ1) is 33.6. The van der Waals surface area contributed by atoms with E-state index in [1.807, 2.05) is 44.2 Å². The average molecular weight is 589 g/mol. The molecule has 2 aromatic carbocycles. The number of carboxylic acids is 1. The van der Waals surface area contributed by atoms with Crippen molar-refractivity contribution in [3.05, 3.63) is 65.7 Å². The largest absolute Gasteiger partial charge is 0.480 e. The van der Waals surface area contributed by atoms with Gasteiger partial charge in [0.05, 0.1) is 12.0 Å². The number of rotatable bonds is 10. The number of fused-ring (bicyclic) bond motifs is 1. The number of aliphatic carboxylic acids is 1. The maximum atomic E-state index is 12.3. The van der Waals surface area contributed by atoms with Crippen LogP contribution in [0, 0.1) is 0 Å². The van der Waals surface area contributed by atoms with E-state index in [1.165, 1.54) is 16.7 Å². The van der Waals surface area contributed by atoms with Crippen LogP contribution >= 0.6 is 11.8 Å². The average Bonchev–Trinajstić information content (AvgIpc) is 3.19. The Morgan fingerprint density at radius 3 is 2.24 bits per heavy atom. The van der Waals surface area contributed by atoms with E-state index in [4.69, 9.17) is 10.5 Å². The van der Waals surface area contributed by atoms with Crippen LogP contribution in [0.5, 0.6) is 0 Å². The summed E-state index contributed by atoms with van der Waals surface area (Å²) in [5.41, 5.74) is 7.60. The number of anilines is 1. The van der Waals surface area contributed by atoms with Crippen molar-refractivity contribution >= 4 is 41.2 Å². The number of nitrogens with one attached hydrogen (secondary N) is 1. The summed E-state index contributed by atoms with van der Waals surface area (Å²) >= 11 is 1.42. The van der Waals surface area contributed by atoms with Crippen LogP contribution in [0.2, 0.25) is 0 Å². The third kappa shape index (κ3) is 8.44.